The molecule has 0 aliphatic heterocycles. The van der Waals surface area contributed by atoms with Crippen LogP contribution in [0.15, 0.2) is 42.5 Å². The standard InChI is InChI=1S/C15H11FIN5O/c1-9-19-20-21-22(9)12-5-6-13(16)14(8-12)18-15(23)10-3-2-4-11(17)7-10/h2-8H,1H3,(H,18,23). The lowest BCUT2D eigenvalue weighted by Crippen LogP contribution is -2.13. The number of tetrazole rings is 1. The summed E-state index contributed by atoms with van der Waals surface area (Å²) in [4.78, 5) is 12.3. The minimum absolute atomic E-state index is 0.0706. The summed E-state index contributed by atoms with van der Waals surface area (Å²) >= 11 is 2.11. The molecule has 0 bridgehead atoms. The van der Waals surface area contributed by atoms with Gasteiger partial charge in [-0.3, -0.25) is 4.79 Å². The van der Waals surface area contributed by atoms with Crippen LogP contribution in [-0.2, 0) is 0 Å². The molecule has 3 rings (SSSR count). The predicted molar refractivity (Wildman–Crippen MR) is 91.0 cm³/mol. The van der Waals surface area contributed by atoms with Crippen LogP contribution in [0.4, 0.5) is 10.1 Å². The van der Waals surface area contributed by atoms with Gasteiger partial charge in [0.05, 0.1) is 11.4 Å². The molecule has 0 aliphatic rings. The van der Waals surface area contributed by atoms with Gasteiger partial charge in [0, 0.05) is 9.13 Å². The molecule has 0 saturated heterocycles. The summed E-state index contributed by atoms with van der Waals surface area (Å²) in [5.74, 6) is -0.349. The van der Waals surface area contributed by atoms with Crippen LogP contribution in [0.1, 0.15) is 16.2 Å². The van der Waals surface area contributed by atoms with Gasteiger partial charge in [0.2, 0.25) is 0 Å². The lowest BCUT2D eigenvalue weighted by Gasteiger charge is -2.09. The molecule has 6 nitrogen and oxygen atoms in total. The number of hydrogen-bond acceptors (Lipinski definition) is 4. The Morgan fingerprint density at radius 1 is 1.26 bits per heavy atom. The van der Waals surface area contributed by atoms with Crippen molar-refractivity contribution in [2.24, 2.45) is 0 Å². The molecular weight excluding hydrogens is 412 g/mol. The number of aromatic nitrogens is 4. The van der Waals surface area contributed by atoms with Gasteiger partial charge in [-0.15, -0.1) is 5.10 Å². The highest BCUT2D eigenvalue weighted by Gasteiger charge is 2.12. The number of carbonyl (C=O) groups is 1. The zero-order valence-corrected chi connectivity index (χ0v) is 14.2. The van der Waals surface area contributed by atoms with E-state index in [1.807, 2.05) is 6.07 Å². The molecule has 1 amide bonds. The third-order valence-corrected chi connectivity index (χ3v) is 3.83. The highest BCUT2D eigenvalue weighted by molar-refractivity contribution is 14.1. The van der Waals surface area contributed by atoms with Gasteiger partial charge in [-0.25, -0.2) is 4.39 Å². The average Bonchev–Trinajstić information content (AvgIpc) is 2.95. The summed E-state index contributed by atoms with van der Waals surface area (Å²) < 4.78 is 16.4. The van der Waals surface area contributed by atoms with Crippen molar-refractivity contribution in [2.75, 3.05) is 5.32 Å². The van der Waals surface area contributed by atoms with Crippen LogP contribution in [0.25, 0.3) is 5.69 Å². The van der Waals surface area contributed by atoms with Crippen LogP contribution in [0, 0.1) is 16.3 Å². The molecule has 0 aliphatic carbocycles. The highest BCUT2D eigenvalue weighted by atomic mass is 127. The minimum atomic E-state index is -0.529. The van der Waals surface area contributed by atoms with Crippen LogP contribution >= 0.6 is 22.6 Å². The number of hydrogen-bond donors (Lipinski definition) is 1. The molecular formula is C15H11FIN5O. The van der Waals surface area contributed by atoms with E-state index in [-0.39, 0.29) is 11.6 Å². The first-order valence-corrected chi connectivity index (χ1v) is 7.74. The number of rotatable bonds is 3. The number of nitrogens with zero attached hydrogens (tertiary/aromatic N) is 4. The SMILES string of the molecule is Cc1nnnn1-c1ccc(F)c(NC(=O)c2cccc(I)c2)c1. The van der Waals surface area contributed by atoms with Crippen LogP contribution in [0.5, 0.6) is 0 Å². The van der Waals surface area contributed by atoms with E-state index in [0.717, 1.165) is 3.57 Å². The highest BCUT2D eigenvalue weighted by Crippen LogP contribution is 2.20. The van der Waals surface area contributed by atoms with Gasteiger partial charge in [-0.05, 0) is 76.3 Å². The van der Waals surface area contributed by atoms with Crippen LogP contribution in [-0.4, -0.2) is 26.1 Å². The van der Waals surface area contributed by atoms with Crippen LogP contribution in [0.3, 0.4) is 0 Å². The molecule has 23 heavy (non-hydrogen) atoms. The van der Waals surface area contributed by atoms with Gasteiger partial charge < -0.3 is 5.32 Å². The Bertz CT molecular complexity index is 880. The molecule has 0 fully saturated rings. The normalized spacial score (nSPS) is 10.6. The molecule has 1 N–H and O–H groups in total. The summed E-state index contributed by atoms with van der Waals surface area (Å²) in [6, 6.07) is 11.3. The molecule has 3 aromatic rings. The number of aryl methyl sites for hydroxylation is 1. The van der Waals surface area contributed by atoms with E-state index in [2.05, 4.69) is 43.4 Å². The topological polar surface area (TPSA) is 72.7 Å². The fraction of sp³-hybridized carbons (Fsp3) is 0.0667. The second-order valence-corrected chi connectivity index (χ2v) is 6.01. The van der Waals surface area contributed by atoms with Gasteiger partial charge in [0.1, 0.15) is 5.82 Å². The summed E-state index contributed by atoms with van der Waals surface area (Å²) in [6.45, 7) is 1.73. The molecule has 0 radical (unpaired) electrons. The van der Waals surface area contributed by atoms with Crippen molar-refractivity contribution in [1.82, 2.24) is 20.2 Å². The third-order valence-electron chi connectivity index (χ3n) is 3.15. The van der Waals surface area contributed by atoms with Crippen molar-refractivity contribution in [3.63, 3.8) is 0 Å². The van der Waals surface area contributed by atoms with E-state index in [4.69, 9.17) is 0 Å². The predicted octanol–water partition coefficient (Wildman–Crippen LogP) is 2.97. The van der Waals surface area contributed by atoms with E-state index < -0.39 is 5.82 Å². The van der Waals surface area contributed by atoms with Crippen molar-refractivity contribution in [3.8, 4) is 5.69 Å². The summed E-state index contributed by atoms with van der Waals surface area (Å²) in [6.07, 6.45) is 0. The van der Waals surface area contributed by atoms with Gasteiger partial charge in [0.15, 0.2) is 5.82 Å². The minimum Gasteiger partial charge on any atom is -0.319 e. The maximum atomic E-state index is 14.0. The summed E-state index contributed by atoms with van der Waals surface area (Å²) in [7, 11) is 0. The van der Waals surface area contributed by atoms with E-state index >= 15 is 0 Å². The largest absolute Gasteiger partial charge is 0.319 e. The number of benzene rings is 2. The van der Waals surface area contributed by atoms with Gasteiger partial charge in [-0.2, -0.15) is 4.68 Å². The van der Waals surface area contributed by atoms with Gasteiger partial charge >= 0.3 is 0 Å². The Hall–Kier alpha value is -2.36. The first-order chi connectivity index (χ1) is 11.0. The molecule has 0 saturated carbocycles. The van der Waals surface area contributed by atoms with E-state index in [1.54, 1.807) is 31.2 Å². The quantitative estimate of drug-likeness (QED) is 0.658. The first kappa shape index (κ1) is 15.5. The van der Waals surface area contributed by atoms with E-state index in [1.165, 1.54) is 16.8 Å². The van der Waals surface area contributed by atoms with Crippen molar-refractivity contribution in [2.45, 2.75) is 6.92 Å². The molecule has 0 unspecified atom stereocenters. The second-order valence-electron chi connectivity index (χ2n) is 4.77. The molecule has 116 valence electrons. The fourth-order valence-electron chi connectivity index (χ4n) is 2.04. The van der Waals surface area contributed by atoms with Crippen molar-refractivity contribution in [1.29, 1.82) is 0 Å². The Kier molecular flexibility index (Phi) is 4.33. The number of anilines is 1. The molecule has 1 aromatic heterocycles. The second kappa shape index (κ2) is 6.41. The maximum Gasteiger partial charge on any atom is 0.255 e. The monoisotopic (exact) mass is 423 g/mol. The van der Waals surface area contributed by atoms with Crippen LogP contribution in [0.2, 0.25) is 0 Å². The van der Waals surface area contributed by atoms with Gasteiger partial charge in [-0.1, -0.05) is 6.07 Å². The van der Waals surface area contributed by atoms with E-state index in [9.17, 15) is 9.18 Å². The fourth-order valence-corrected chi connectivity index (χ4v) is 2.58. The molecule has 2 aromatic carbocycles. The third kappa shape index (κ3) is 3.36. The average molecular weight is 423 g/mol. The Morgan fingerprint density at radius 3 is 2.78 bits per heavy atom. The first-order valence-electron chi connectivity index (χ1n) is 6.66. The lowest BCUT2D eigenvalue weighted by molar-refractivity contribution is 0.102. The number of carbonyl (C=O) groups excluding carboxylic acids is 1. The Morgan fingerprint density at radius 2 is 2.09 bits per heavy atom. The summed E-state index contributed by atoms with van der Waals surface area (Å²) in [5, 5.41) is 13.7. The van der Waals surface area contributed by atoms with Crippen molar-refractivity contribution < 1.29 is 9.18 Å². The van der Waals surface area contributed by atoms with Gasteiger partial charge in [0.25, 0.3) is 5.91 Å². The van der Waals surface area contributed by atoms with Crippen molar-refractivity contribution >= 4 is 34.2 Å². The summed E-state index contributed by atoms with van der Waals surface area (Å²) in [5.41, 5.74) is 1.09. The smallest absolute Gasteiger partial charge is 0.255 e. The van der Waals surface area contributed by atoms with E-state index in [0.29, 0.717) is 17.1 Å². The Balaban J connectivity index is 1.91. The van der Waals surface area contributed by atoms with Crippen LogP contribution < -0.4 is 5.32 Å². The number of amides is 1. The number of nitrogens with one attached hydrogen (secondary N) is 1. The number of halogens is 2. The van der Waals surface area contributed by atoms with Crippen molar-refractivity contribution in [3.05, 3.63) is 63.2 Å². The Labute approximate surface area is 144 Å². The molecule has 8 heteroatoms. The molecule has 1 heterocycles. The zero-order valence-electron chi connectivity index (χ0n) is 12.0. The zero-order chi connectivity index (χ0) is 16.4. The molecule has 0 atom stereocenters. The maximum absolute atomic E-state index is 14.0. The molecule has 0 spiro atoms. The lowest BCUT2D eigenvalue weighted by atomic mass is 10.2.